The van der Waals surface area contributed by atoms with E-state index in [1.54, 1.807) is 13.8 Å². The summed E-state index contributed by atoms with van der Waals surface area (Å²) in [5.74, 6) is 0. The Labute approximate surface area is 162 Å². The first-order valence-corrected chi connectivity index (χ1v) is 8.49. The molecule has 0 saturated carbocycles. The quantitative estimate of drug-likeness (QED) is 0.341. The SMILES string of the molecule is CCOC(Cc1c([N+](=O)[O-])c(=O)n(C)c2c([N+](=O)[O-])cc([N+](=O)[O-])cc12)OCC. The third kappa shape index (κ3) is 4.20. The van der Waals surface area contributed by atoms with E-state index in [9.17, 15) is 35.1 Å². The zero-order valence-electron chi connectivity index (χ0n) is 15.8. The van der Waals surface area contributed by atoms with E-state index in [4.69, 9.17) is 9.47 Å². The molecule has 1 heterocycles. The Morgan fingerprint density at radius 2 is 1.59 bits per heavy atom. The van der Waals surface area contributed by atoms with Gasteiger partial charge in [0.2, 0.25) is 0 Å². The van der Waals surface area contributed by atoms with Gasteiger partial charge in [-0.1, -0.05) is 0 Å². The van der Waals surface area contributed by atoms with E-state index in [1.165, 1.54) is 0 Å². The number of ether oxygens (including phenoxy) is 2. The molecule has 1 aromatic carbocycles. The minimum atomic E-state index is -1.08. The van der Waals surface area contributed by atoms with E-state index in [-0.39, 0.29) is 36.1 Å². The van der Waals surface area contributed by atoms with Crippen molar-refractivity contribution in [2.45, 2.75) is 26.6 Å². The average molecular weight is 410 g/mol. The Kier molecular flexibility index (Phi) is 6.56. The normalized spacial score (nSPS) is 11.2. The van der Waals surface area contributed by atoms with E-state index in [2.05, 4.69) is 0 Å². The van der Waals surface area contributed by atoms with E-state index < -0.39 is 43.7 Å². The number of nitro groups is 3. The molecule has 0 atom stereocenters. The van der Waals surface area contributed by atoms with Gasteiger partial charge < -0.3 is 9.47 Å². The van der Waals surface area contributed by atoms with Crippen LogP contribution in [0.5, 0.6) is 0 Å². The third-order valence-electron chi connectivity index (χ3n) is 4.19. The van der Waals surface area contributed by atoms with E-state index >= 15 is 0 Å². The van der Waals surface area contributed by atoms with Crippen molar-refractivity contribution in [3.63, 3.8) is 0 Å². The highest BCUT2D eigenvalue weighted by atomic mass is 16.7. The molecule has 0 aliphatic carbocycles. The Morgan fingerprint density at radius 1 is 1.00 bits per heavy atom. The highest BCUT2D eigenvalue weighted by Crippen LogP contribution is 2.35. The van der Waals surface area contributed by atoms with Crippen LogP contribution in [0.15, 0.2) is 16.9 Å². The fraction of sp³-hybridized carbons (Fsp3) is 0.438. The molecule has 0 amide bonds. The van der Waals surface area contributed by atoms with E-state index in [0.29, 0.717) is 6.07 Å². The van der Waals surface area contributed by atoms with Crippen LogP contribution in [0.4, 0.5) is 17.1 Å². The Hall–Kier alpha value is -3.45. The highest BCUT2D eigenvalue weighted by molar-refractivity contribution is 5.94. The Morgan fingerprint density at radius 3 is 2.03 bits per heavy atom. The van der Waals surface area contributed by atoms with Crippen LogP contribution in [0.1, 0.15) is 19.4 Å². The number of pyridine rings is 1. The monoisotopic (exact) mass is 410 g/mol. The number of rotatable bonds is 9. The smallest absolute Gasteiger partial charge is 0.338 e. The molecule has 13 heteroatoms. The molecule has 1 aromatic heterocycles. The molecule has 0 aliphatic rings. The number of hydrogen-bond acceptors (Lipinski definition) is 9. The lowest BCUT2D eigenvalue weighted by Crippen LogP contribution is -2.27. The van der Waals surface area contributed by atoms with Crippen LogP contribution in [0, 0.1) is 30.3 Å². The standard InChI is InChI=1S/C16H18N4O9/c1-4-28-13(29-5-2)8-11-10-6-9(18(22)23)7-12(19(24)25)14(10)17(3)16(21)15(11)20(26)27/h6-7,13H,4-5,8H2,1-3H3. The molecule has 0 unspecified atom stereocenters. The van der Waals surface area contributed by atoms with Crippen molar-refractivity contribution >= 4 is 28.0 Å². The van der Waals surface area contributed by atoms with Gasteiger partial charge in [-0.25, -0.2) is 0 Å². The molecule has 0 aliphatic heterocycles. The molecule has 0 bridgehead atoms. The first-order chi connectivity index (χ1) is 13.6. The number of non-ortho nitro benzene ring substituents is 2. The zero-order chi connectivity index (χ0) is 21.9. The van der Waals surface area contributed by atoms with Crippen molar-refractivity contribution in [2.75, 3.05) is 13.2 Å². The zero-order valence-corrected chi connectivity index (χ0v) is 15.8. The molecular weight excluding hydrogens is 392 g/mol. The van der Waals surface area contributed by atoms with Gasteiger partial charge in [-0.05, 0) is 13.8 Å². The number of hydrogen-bond donors (Lipinski definition) is 0. The molecular formula is C16H18N4O9. The lowest BCUT2D eigenvalue weighted by atomic mass is 10.0. The average Bonchev–Trinajstić information content (AvgIpc) is 2.64. The molecule has 0 fully saturated rings. The van der Waals surface area contributed by atoms with Gasteiger partial charge in [-0.15, -0.1) is 0 Å². The van der Waals surface area contributed by atoms with Crippen LogP contribution in [-0.4, -0.2) is 38.8 Å². The van der Waals surface area contributed by atoms with Gasteiger partial charge in [0.25, 0.3) is 11.4 Å². The Balaban J connectivity index is 3.01. The second-order valence-corrected chi connectivity index (χ2v) is 5.87. The van der Waals surface area contributed by atoms with Crippen LogP contribution in [0.3, 0.4) is 0 Å². The van der Waals surface area contributed by atoms with Gasteiger partial charge in [-0.3, -0.25) is 39.7 Å². The van der Waals surface area contributed by atoms with Gasteiger partial charge in [-0.2, -0.15) is 0 Å². The van der Waals surface area contributed by atoms with E-state index in [1.807, 2.05) is 0 Å². The van der Waals surface area contributed by atoms with Crippen LogP contribution >= 0.6 is 0 Å². The molecule has 0 spiro atoms. The summed E-state index contributed by atoms with van der Waals surface area (Å²) in [6.07, 6.45) is -1.29. The number of nitro benzene ring substituents is 2. The lowest BCUT2D eigenvalue weighted by Gasteiger charge is -2.18. The molecule has 13 nitrogen and oxygen atoms in total. The van der Waals surface area contributed by atoms with E-state index in [0.717, 1.165) is 17.7 Å². The largest absolute Gasteiger partial charge is 0.353 e. The number of fused-ring (bicyclic) bond motifs is 1. The first-order valence-electron chi connectivity index (χ1n) is 8.49. The third-order valence-corrected chi connectivity index (χ3v) is 4.19. The van der Waals surface area contributed by atoms with Crippen molar-refractivity contribution in [3.8, 4) is 0 Å². The summed E-state index contributed by atoms with van der Waals surface area (Å²) >= 11 is 0. The van der Waals surface area contributed by atoms with Gasteiger partial charge in [0.05, 0.1) is 26.4 Å². The molecule has 156 valence electrons. The molecule has 2 rings (SSSR count). The summed E-state index contributed by atoms with van der Waals surface area (Å²) in [4.78, 5) is 44.3. The topological polar surface area (TPSA) is 170 Å². The first kappa shape index (κ1) is 21.8. The molecule has 0 saturated heterocycles. The second kappa shape index (κ2) is 8.70. The molecule has 29 heavy (non-hydrogen) atoms. The highest BCUT2D eigenvalue weighted by Gasteiger charge is 2.32. The molecule has 0 radical (unpaired) electrons. The van der Waals surface area contributed by atoms with Crippen molar-refractivity contribution in [1.82, 2.24) is 4.57 Å². The maximum Gasteiger partial charge on any atom is 0.338 e. The van der Waals surface area contributed by atoms with Gasteiger partial charge in [0.15, 0.2) is 6.29 Å². The summed E-state index contributed by atoms with van der Waals surface area (Å²) in [7, 11) is 1.13. The van der Waals surface area contributed by atoms with Gasteiger partial charge >= 0.3 is 11.2 Å². The van der Waals surface area contributed by atoms with Gasteiger partial charge in [0.1, 0.15) is 5.52 Å². The minimum Gasteiger partial charge on any atom is -0.353 e. The van der Waals surface area contributed by atoms with Crippen molar-refractivity contribution in [2.24, 2.45) is 7.05 Å². The summed E-state index contributed by atoms with van der Waals surface area (Å²) in [5.41, 5.74) is -3.78. The van der Waals surface area contributed by atoms with Crippen LogP contribution in [0.2, 0.25) is 0 Å². The van der Waals surface area contributed by atoms with Crippen LogP contribution in [0.25, 0.3) is 10.9 Å². The predicted octanol–water partition coefficient (Wildman–Crippen LogP) is 2.20. The van der Waals surface area contributed by atoms with Crippen molar-refractivity contribution in [1.29, 1.82) is 0 Å². The summed E-state index contributed by atoms with van der Waals surface area (Å²) in [6, 6.07) is 1.68. The number of benzene rings is 1. The summed E-state index contributed by atoms with van der Waals surface area (Å²) in [5, 5.41) is 34.2. The second-order valence-electron chi connectivity index (χ2n) is 5.87. The summed E-state index contributed by atoms with van der Waals surface area (Å²) in [6.45, 7) is 3.72. The fourth-order valence-corrected chi connectivity index (χ4v) is 3.05. The van der Waals surface area contributed by atoms with Crippen molar-refractivity contribution < 1.29 is 24.2 Å². The van der Waals surface area contributed by atoms with Crippen molar-refractivity contribution in [3.05, 3.63) is 58.4 Å². The number of nitrogens with zero attached hydrogens (tertiary/aromatic N) is 4. The predicted molar refractivity (Wildman–Crippen MR) is 99.9 cm³/mol. The molecule has 0 N–H and O–H groups in total. The maximum atomic E-state index is 12.6. The molecule has 2 aromatic rings. The minimum absolute atomic E-state index is 0.163. The fourth-order valence-electron chi connectivity index (χ4n) is 3.05. The maximum absolute atomic E-state index is 12.6. The van der Waals surface area contributed by atoms with Crippen LogP contribution < -0.4 is 5.56 Å². The lowest BCUT2D eigenvalue weighted by molar-refractivity contribution is -0.393. The summed E-state index contributed by atoms with van der Waals surface area (Å²) < 4.78 is 11.5. The Bertz CT molecular complexity index is 1040. The number of aryl methyl sites for hydroxylation is 1. The number of aromatic nitrogens is 1. The van der Waals surface area contributed by atoms with Gasteiger partial charge in [0, 0.05) is 38.1 Å². The van der Waals surface area contributed by atoms with Crippen LogP contribution in [-0.2, 0) is 22.9 Å².